The van der Waals surface area contributed by atoms with Gasteiger partial charge in [-0.1, -0.05) is 0 Å². The average molecular weight is 299 g/mol. The van der Waals surface area contributed by atoms with E-state index < -0.39 is 15.9 Å². The molecule has 0 bridgehead atoms. The van der Waals surface area contributed by atoms with Gasteiger partial charge in [0.05, 0.1) is 5.56 Å². The first-order valence-corrected chi connectivity index (χ1v) is 7.91. The second kappa shape index (κ2) is 4.82. The number of furan rings is 1. The van der Waals surface area contributed by atoms with Gasteiger partial charge in [0.2, 0.25) is 0 Å². The number of hydrogen-bond acceptors (Lipinski definition) is 5. The van der Waals surface area contributed by atoms with Gasteiger partial charge in [0, 0.05) is 11.4 Å². The molecule has 0 saturated carbocycles. The molecule has 2 aromatic heterocycles. The van der Waals surface area contributed by atoms with Gasteiger partial charge in [-0.25, -0.2) is 13.1 Å². The Kier molecular flexibility index (Phi) is 3.51. The summed E-state index contributed by atoms with van der Waals surface area (Å²) in [5.74, 6) is 0.119. The minimum absolute atomic E-state index is 0.00812. The van der Waals surface area contributed by atoms with Crippen molar-refractivity contribution in [3.63, 3.8) is 0 Å². The topological polar surface area (TPSA) is 76.4 Å². The second-order valence-electron chi connectivity index (χ2n) is 4.18. The molecule has 5 nitrogen and oxygen atoms in total. The maximum absolute atomic E-state index is 12.1. The molecule has 0 aromatic carbocycles. The van der Waals surface area contributed by atoms with Gasteiger partial charge < -0.3 is 4.42 Å². The lowest BCUT2D eigenvalue weighted by atomic mass is 10.2. The molecule has 2 rings (SSSR count). The van der Waals surface area contributed by atoms with Crippen molar-refractivity contribution in [2.75, 3.05) is 0 Å². The Morgan fingerprint density at radius 3 is 2.42 bits per heavy atom. The maximum Gasteiger partial charge on any atom is 0.267 e. The number of nitrogens with one attached hydrogen (secondary N) is 1. The van der Waals surface area contributed by atoms with E-state index in [2.05, 4.69) is 0 Å². The minimum atomic E-state index is -3.90. The van der Waals surface area contributed by atoms with Crippen molar-refractivity contribution < 1.29 is 17.6 Å². The van der Waals surface area contributed by atoms with Crippen molar-refractivity contribution in [1.29, 1.82) is 0 Å². The van der Waals surface area contributed by atoms with Gasteiger partial charge >= 0.3 is 0 Å². The van der Waals surface area contributed by atoms with Crippen LogP contribution in [0.1, 0.15) is 27.4 Å². The van der Waals surface area contributed by atoms with Crippen LogP contribution < -0.4 is 4.72 Å². The first-order valence-electron chi connectivity index (χ1n) is 5.48. The van der Waals surface area contributed by atoms with E-state index in [1.807, 2.05) is 4.72 Å². The van der Waals surface area contributed by atoms with Crippen molar-refractivity contribution in [3.05, 3.63) is 39.5 Å². The van der Waals surface area contributed by atoms with Gasteiger partial charge in [-0.2, -0.15) is 11.3 Å². The van der Waals surface area contributed by atoms with Crippen LogP contribution in [0.15, 0.2) is 26.1 Å². The average Bonchev–Trinajstić information content (AvgIpc) is 2.84. The Labute approximate surface area is 115 Å². The summed E-state index contributed by atoms with van der Waals surface area (Å²) in [7, 11) is -3.90. The van der Waals surface area contributed by atoms with E-state index in [0.29, 0.717) is 11.3 Å². The highest BCUT2D eigenvalue weighted by molar-refractivity contribution is 7.90. The first kappa shape index (κ1) is 13.8. The van der Waals surface area contributed by atoms with Crippen molar-refractivity contribution in [3.8, 4) is 0 Å². The number of aryl methyl sites for hydroxylation is 3. The summed E-state index contributed by atoms with van der Waals surface area (Å²) in [5, 5.41) is 3.41. The normalized spacial score (nSPS) is 11.5. The summed E-state index contributed by atoms with van der Waals surface area (Å²) in [6.07, 6.45) is 0. The predicted molar refractivity (Wildman–Crippen MR) is 71.9 cm³/mol. The number of thiophene rings is 1. The zero-order valence-corrected chi connectivity index (χ0v) is 12.3. The fourth-order valence-corrected chi connectivity index (χ4v) is 3.73. The SMILES string of the molecule is Cc1cc(S(=O)(=O)NC(=O)c2cscc2C)c(C)o1. The third kappa shape index (κ3) is 2.71. The molecule has 0 unspecified atom stereocenters. The lowest BCUT2D eigenvalue weighted by Gasteiger charge is -2.05. The molecule has 1 N–H and O–H groups in total. The van der Waals surface area contributed by atoms with Crippen LogP contribution in [0, 0.1) is 20.8 Å². The molecule has 0 fully saturated rings. The van der Waals surface area contributed by atoms with Crippen LogP contribution >= 0.6 is 11.3 Å². The van der Waals surface area contributed by atoms with Crippen LogP contribution in [0.25, 0.3) is 0 Å². The van der Waals surface area contributed by atoms with Crippen LogP contribution in [-0.2, 0) is 10.0 Å². The molecule has 0 radical (unpaired) electrons. The summed E-state index contributed by atoms with van der Waals surface area (Å²) in [5.41, 5.74) is 1.12. The Morgan fingerprint density at radius 1 is 1.26 bits per heavy atom. The smallest absolute Gasteiger partial charge is 0.267 e. The third-order valence-corrected chi connectivity index (χ3v) is 4.91. The Morgan fingerprint density at radius 2 is 1.95 bits per heavy atom. The highest BCUT2D eigenvalue weighted by Gasteiger charge is 2.24. The monoisotopic (exact) mass is 299 g/mol. The summed E-state index contributed by atoms with van der Waals surface area (Å²) in [6, 6.07) is 1.39. The number of carbonyl (C=O) groups excluding carboxylic acids is 1. The van der Waals surface area contributed by atoms with Crippen LogP contribution in [0.2, 0.25) is 0 Å². The molecular weight excluding hydrogens is 286 g/mol. The van der Waals surface area contributed by atoms with Crippen LogP contribution in [0.3, 0.4) is 0 Å². The van der Waals surface area contributed by atoms with E-state index in [-0.39, 0.29) is 10.7 Å². The highest BCUT2D eigenvalue weighted by Crippen LogP contribution is 2.20. The van der Waals surface area contributed by atoms with Gasteiger partial charge in [0.25, 0.3) is 15.9 Å². The zero-order valence-electron chi connectivity index (χ0n) is 10.7. The molecule has 0 aliphatic heterocycles. The summed E-state index contributed by atoms with van der Waals surface area (Å²) >= 11 is 1.35. The molecule has 0 atom stereocenters. The quantitative estimate of drug-likeness (QED) is 0.944. The first-order chi connectivity index (χ1) is 8.81. The van der Waals surface area contributed by atoms with Gasteiger partial charge in [0.1, 0.15) is 16.4 Å². The van der Waals surface area contributed by atoms with Gasteiger partial charge in [-0.05, 0) is 31.7 Å². The standard InChI is InChI=1S/C12H13NO4S2/c1-7-5-18-6-10(7)12(14)13-19(15,16)11-4-8(2)17-9(11)3/h4-6H,1-3H3,(H,13,14). The number of carbonyl (C=O) groups is 1. The number of hydrogen-bond donors (Lipinski definition) is 1. The number of rotatable bonds is 3. The minimum Gasteiger partial charge on any atom is -0.465 e. The van der Waals surface area contributed by atoms with E-state index in [4.69, 9.17) is 4.42 Å². The van der Waals surface area contributed by atoms with E-state index in [1.54, 1.807) is 31.5 Å². The molecule has 2 aromatic rings. The molecule has 19 heavy (non-hydrogen) atoms. The van der Waals surface area contributed by atoms with E-state index in [9.17, 15) is 13.2 Å². The highest BCUT2D eigenvalue weighted by atomic mass is 32.2. The second-order valence-corrected chi connectivity index (χ2v) is 6.57. The number of sulfonamides is 1. The fourth-order valence-electron chi connectivity index (χ4n) is 1.70. The fraction of sp³-hybridized carbons (Fsp3) is 0.250. The maximum atomic E-state index is 12.1. The van der Waals surface area contributed by atoms with Gasteiger partial charge in [-0.15, -0.1) is 0 Å². The van der Waals surface area contributed by atoms with Crippen LogP contribution in [0.4, 0.5) is 0 Å². The summed E-state index contributed by atoms with van der Waals surface area (Å²) in [6.45, 7) is 4.95. The molecular formula is C12H13NO4S2. The molecule has 0 aliphatic carbocycles. The Balaban J connectivity index is 2.30. The molecule has 0 saturated heterocycles. The molecule has 1 amide bonds. The molecule has 0 aliphatic rings. The molecule has 0 spiro atoms. The predicted octanol–water partition coefficient (Wildman–Crippen LogP) is 2.39. The van der Waals surface area contributed by atoms with E-state index in [0.717, 1.165) is 5.56 Å². The van der Waals surface area contributed by atoms with E-state index >= 15 is 0 Å². The molecule has 7 heteroatoms. The summed E-state index contributed by atoms with van der Waals surface area (Å²) in [4.78, 5) is 11.9. The van der Waals surface area contributed by atoms with Crippen molar-refractivity contribution in [2.24, 2.45) is 0 Å². The van der Waals surface area contributed by atoms with Crippen molar-refractivity contribution in [2.45, 2.75) is 25.7 Å². The summed E-state index contributed by atoms with van der Waals surface area (Å²) < 4.78 is 31.4. The van der Waals surface area contributed by atoms with Crippen molar-refractivity contribution >= 4 is 27.3 Å². The van der Waals surface area contributed by atoms with E-state index in [1.165, 1.54) is 17.4 Å². The Hall–Kier alpha value is -1.60. The lowest BCUT2D eigenvalue weighted by Crippen LogP contribution is -2.30. The van der Waals surface area contributed by atoms with Crippen molar-refractivity contribution in [1.82, 2.24) is 4.72 Å². The molecule has 102 valence electrons. The van der Waals surface area contributed by atoms with Crippen LogP contribution in [0.5, 0.6) is 0 Å². The lowest BCUT2D eigenvalue weighted by molar-refractivity contribution is 0.0981. The Bertz CT molecular complexity index is 725. The zero-order chi connectivity index (χ0) is 14.2. The third-order valence-electron chi connectivity index (χ3n) is 2.61. The molecule has 2 heterocycles. The van der Waals surface area contributed by atoms with Crippen LogP contribution in [-0.4, -0.2) is 14.3 Å². The van der Waals surface area contributed by atoms with Gasteiger partial charge in [-0.3, -0.25) is 4.79 Å². The van der Waals surface area contributed by atoms with Gasteiger partial charge in [0.15, 0.2) is 0 Å². The largest absolute Gasteiger partial charge is 0.465 e. The number of amides is 1.